The number of halogens is 2. The van der Waals surface area contributed by atoms with E-state index in [9.17, 15) is 9.59 Å². The van der Waals surface area contributed by atoms with Crippen molar-refractivity contribution in [3.8, 4) is 0 Å². The molecule has 1 fully saturated rings. The zero-order chi connectivity index (χ0) is 17.1. The summed E-state index contributed by atoms with van der Waals surface area (Å²) in [7, 11) is 0. The first-order chi connectivity index (χ1) is 11.5. The highest BCUT2D eigenvalue weighted by molar-refractivity contribution is 6.31. The van der Waals surface area contributed by atoms with Crippen molar-refractivity contribution in [1.82, 2.24) is 10.9 Å². The van der Waals surface area contributed by atoms with Gasteiger partial charge in [0.25, 0.3) is 0 Å². The summed E-state index contributed by atoms with van der Waals surface area (Å²) < 4.78 is 0. The van der Waals surface area contributed by atoms with Gasteiger partial charge in [0, 0.05) is 16.0 Å². The fraction of sp³-hybridized carbons (Fsp3) is 0.222. The molecule has 4 nitrogen and oxygen atoms in total. The molecule has 1 aliphatic carbocycles. The molecular weight excluding hydrogens is 347 g/mol. The Morgan fingerprint density at radius 2 is 1.71 bits per heavy atom. The van der Waals surface area contributed by atoms with Crippen molar-refractivity contribution in [2.24, 2.45) is 5.92 Å². The van der Waals surface area contributed by atoms with E-state index in [0.717, 1.165) is 17.5 Å². The van der Waals surface area contributed by atoms with Gasteiger partial charge >= 0.3 is 0 Å². The highest BCUT2D eigenvalue weighted by atomic mass is 35.5. The Labute approximate surface area is 150 Å². The van der Waals surface area contributed by atoms with Gasteiger partial charge in [0.2, 0.25) is 11.8 Å². The number of carbonyl (C=O) groups is 2. The first kappa shape index (κ1) is 16.8. The Kier molecular flexibility index (Phi) is 5.07. The Morgan fingerprint density at radius 1 is 1.00 bits per heavy atom. The van der Waals surface area contributed by atoms with Gasteiger partial charge in [0.1, 0.15) is 0 Å². The van der Waals surface area contributed by atoms with Crippen LogP contribution in [0.5, 0.6) is 0 Å². The summed E-state index contributed by atoms with van der Waals surface area (Å²) in [6.45, 7) is 0. The van der Waals surface area contributed by atoms with E-state index in [2.05, 4.69) is 10.9 Å². The average Bonchev–Trinajstić information content (AvgIpc) is 3.36. The van der Waals surface area contributed by atoms with Crippen LogP contribution in [0.3, 0.4) is 0 Å². The van der Waals surface area contributed by atoms with Gasteiger partial charge in [-0.25, -0.2) is 0 Å². The average molecular weight is 363 g/mol. The number of hydrogen-bond acceptors (Lipinski definition) is 2. The van der Waals surface area contributed by atoms with Crippen LogP contribution in [0.4, 0.5) is 0 Å². The lowest BCUT2D eigenvalue weighted by Crippen LogP contribution is -2.43. The van der Waals surface area contributed by atoms with Gasteiger partial charge < -0.3 is 0 Å². The molecule has 6 heteroatoms. The van der Waals surface area contributed by atoms with Crippen molar-refractivity contribution < 1.29 is 9.59 Å². The van der Waals surface area contributed by atoms with Crippen LogP contribution in [0.25, 0.3) is 0 Å². The third-order valence-electron chi connectivity index (χ3n) is 4.03. The lowest BCUT2D eigenvalue weighted by atomic mass is 10.1. The standard InChI is InChI=1S/C18H16Cl2N2O2/c19-12-7-5-11(6-8-12)9-17(23)21-22-18(24)15-10-14(15)13-3-1-2-4-16(13)20/h1-8,14-15H,9-10H2,(H,21,23)(H,22,24). The summed E-state index contributed by atoms with van der Waals surface area (Å²) >= 11 is 11.9. The van der Waals surface area contributed by atoms with Gasteiger partial charge in [-0.1, -0.05) is 53.5 Å². The van der Waals surface area contributed by atoms with Crippen LogP contribution in [0.1, 0.15) is 23.5 Å². The predicted octanol–water partition coefficient (Wildman–Crippen LogP) is 3.49. The summed E-state index contributed by atoms with van der Waals surface area (Å²) in [6.07, 6.45) is 0.915. The lowest BCUT2D eigenvalue weighted by Gasteiger charge is -2.08. The Balaban J connectivity index is 1.47. The quantitative estimate of drug-likeness (QED) is 0.817. The minimum absolute atomic E-state index is 0.117. The molecule has 0 spiro atoms. The van der Waals surface area contributed by atoms with Crippen LogP contribution in [0.2, 0.25) is 10.0 Å². The second-order valence-corrected chi connectivity index (χ2v) is 6.65. The van der Waals surface area contributed by atoms with E-state index in [1.165, 1.54) is 0 Å². The second kappa shape index (κ2) is 7.24. The van der Waals surface area contributed by atoms with E-state index in [1.54, 1.807) is 24.3 Å². The summed E-state index contributed by atoms with van der Waals surface area (Å²) in [4.78, 5) is 24.0. The van der Waals surface area contributed by atoms with Gasteiger partial charge in [0.05, 0.1) is 6.42 Å². The molecule has 1 aliphatic rings. The summed E-state index contributed by atoms with van der Waals surface area (Å²) in [5.74, 6) is -0.502. The molecule has 2 amide bonds. The highest BCUT2D eigenvalue weighted by Crippen LogP contribution is 2.49. The van der Waals surface area contributed by atoms with Crippen molar-refractivity contribution in [3.05, 3.63) is 69.7 Å². The molecule has 2 N–H and O–H groups in total. The Morgan fingerprint density at radius 3 is 2.42 bits per heavy atom. The van der Waals surface area contributed by atoms with Crippen LogP contribution < -0.4 is 10.9 Å². The number of amides is 2. The smallest absolute Gasteiger partial charge is 0.242 e. The molecule has 2 unspecified atom stereocenters. The Hall–Kier alpha value is -2.04. The fourth-order valence-corrected chi connectivity index (χ4v) is 3.06. The fourth-order valence-electron chi connectivity index (χ4n) is 2.66. The van der Waals surface area contributed by atoms with E-state index < -0.39 is 0 Å². The molecular formula is C18H16Cl2N2O2. The number of carbonyl (C=O) groups excluding carboxylic acids is 2. The van der Waals surface area contributed by atoms with E-state index in [1.807, 2.05) is 24.3 Å². The third-order valence-corrected chi connectivity index (χ3v) is 4.63. The zero-order valence-electron chi connectivity index (χ0n) is 12.8. The molecule has 24 heavy (non-hydrogen) atoms. The van der Waals surface area contributed by atoms with Crippen LogP contribution in [0.15, 0.2) is 48.5 Å². The van der Waals surface area contributed by atoms with Crippen LogP contribution in [-0.4, -0.2) is 11.8 Å². The molecule has 0 saturated heterocycles. The minimum atomic E-state index is -0.277. The first-order valence-electron chi connectivity index (χ1n) is 7.62. The van der Waals surface area contributed by atoms with E-state index >= 15 is 0 Å². The largest absolute Gasteiger partial charge is 0.273 e. The van der Waals surface area contributed by atoms with Gasteiger partial charge in [-0.3, -0.25) is 20.4 Å². The van der Waals surface area contributed by atoms with Gasteiger partial charge in [-0.15, -0.1) is 0 Å². The number of nitrogens with one attached hydrogen (secondary N) is 2. The van der Waals surface area contributed by atoms with Crippen molar-refractivity contribution in [1.29, 1.82) is 0 Å². The van der Waals surface area contributed by atoms with Crippen molar-refractivity contribution in [2.45, 2.75) is 18.8 Å². The third kappa shape index (κ3) is 4.08. The topological polar surface area (TPSA) is 58.2 Å². The molecule has 0 aliphatic heterocycles. The lowest BCUT2D eigenvalue weighted by molar-refractivity contribution is -0.129. The summed E-state index contributed by atoms with van der Waals surface area (Å²) in [5, 5.41) is 1.29. The SMILES string of the molecule is O=C(Cc1ccc(Cl)cc1)NNC(=O)C1CC1c1ccccc1Cl. The molecule has 0 radical (unpaired) electrons. The summed E-state index contributed by atoms with van der Waals surface area (Å²) in [6, 6.07) is 14.5. The van der Waals surface area contributed by atoms with E-state index in [0.29, 0.717) is 10.0 Å². The number of hydrazine groups is 1. The molecule has 2 aromatic rings. The predicted molar refractivity (Wildman–Crippen MR) is 93.7 cm³/mol. The van der Waals surface area contributed by atoms with Gasteiger partial charge in [-0.2, -0.15) is 0 Å². The maximum atomic E-state index is 12.1. The summed E-state index contributed by atoms with van der Waals surface area (Å²) in [5.41, 5.74) is 6.74. The molecule has 1 saturated carbocycles. The maximum Gasteiger partial charge on any atom is 0.242 e. The number of benzene rings is 2. The van der Waals surface area contributed by atoms with Gasteiger partial charge in [-0.05, 0) is 41.7 Å². The monoisotopic (exact) mass is 362 g/mol. The molecule has 0 bridgehead atoms. The molecule has 0 heterocycles. The van der Waals surface area contributed by atoms with Crippen LogP contribution in [0, 0.1) is 5.92 Å². The molecule has 124 valence electrons. The van der Waals surface area contributed by atoms with E-state index in [-0.39, 0.29) is 30.1 Å². The van der Waals surface area contributed by atoms with Gasteiger partial charge in [0.15, 0.2) is 0 Å². The molecule has 2 aromatic carbocycles. The molecule has 0 aromatic heterocycles. The number of hydrogen-bond donors (Lipinski definition) is 2. The molecule has 2 atom stereocenters. The minimum Gasteiger partial charge on any atom is -0.273 e. The molecule has 3 rings (SSSR count). The van der Waals surface area contributed by atoms with E-state index in [4.69, 9.17) is 23.2 Å². The van der Waals surface area contributed by atoms with Crippen LogP contribution >= 0.6 is 23.2 Å². The zero-order valence-corrected chi connectivity index (χ0v) is 14.3. The number of rotatable bonds is 4. The highest BCUT2D eigenvalue weighted by Gasteiger charge is 2.44. The first-order valence-corrected chi connectivity index (χ1v) is 8.38. The Bertz CT molecular complexity index is 762. The second-order valence-electron chi connectivity index (χ2n) is 5.81. The van der Waals surface area contributed by atoms with Crippen LogP contribution in [-0.2, 0) is 16.0 Å². The maximum absolute atomic E-state index is 12.1. The van der Waals surface area contributed by atoms with Crippen molar-refractivity contribution >= 4 is 35.0 Å². The van der Waals surface area contributed by atoms with Crippen molar-refractivity contribution in [2.75, 3.05) is 0 Å². The van der Waals surface area contributed by atoms with Crippen molar-refractivity contribution in [3.63, 3.8) is 0 Å². The normalized spacial score (nSPS) is 18.8.